The summed E-state index contributed by atoms with van der Waals surface area (Å²) in [4.78, 5) is 0. The molecule has 0 aliphatic heterocycles. The van der Waals surface area contributed by atoms with E-state index in [1.165, 1.54) is 38.5 Å². The fourth-order valence-electron chi connectivity index (χ4n) is 5.54. The molecule has 0 heterocycles. The molecular formula is C19H26O. The van der Waals surface area contributed by atoms with E-state index in [1.54, 1.807) is 11.1 Å². The van der Waals surface area contributed by atoms with E-state index in [1.807, 2.05) is 0 Å². The Kier molecular flexibility index (Phi) is 2.87. The third kappa shape index (κ3) is 1.55. The van der Waals surface area contributed by atoms with Crippen LogP contribution < -0.4 is 0 Å². The molecule has 4 aliphatic rings. The molecule has 0 amide bonds. The van der Waals surface area contributed by atoms with Crippen molar-refractivity contribution < 1.29 is 5.11 Å². The Morgan fingerprint density at radius 1 is 1.25 bits per heavy atom. The summed E-state index contributed by atoms with van der Waals surface area (Å²) in [6.45, 7) is 2.23. The SMILES string of the molecule is CC[C@]12C=CC3=C(CCC4CCCC[C@H]34)[C@@H]1CC=C2O. The standard InChI is InChI=1S/C19H26O/c1-2-19-12-11-15-14-6-4-3-5-13(14)7-8-16(15)17(19)9-10-18(19)20/h10-14,17,20H,2-9H2,1H3/t13?,14-,17-,19-/m0/s1. The number of aliphatic hydroxyl groups is 1. The predicted octanol–water partition coefficient (Wildman–Crippen LogP) is 5.31. The van der Waals surface area contributed by atoms with Gasteiger partial charge in [0.1, 0.15) is 0 Å². The third-order valence-electron chi connectivity index (χ3n) is 6.68. The minimum absolute atomic E-state index is 0.0552. The third-order valence-corrected chi connectivity index (χ3v) is 6.68. The predicted molar refractivity (Wildman–Crippen MR) is 82.4 cm³/mol. The molecule has 0 bridgehead atoms. The van der Waals surface area contributed by atoms with Crippen molar-refractivity contribution in [1.82, 2.24) is 0 Å². The summed E-state index contributed by atoms with van der Waals surface area (Å²) in [7, 11) is 0. The zero-order valence-corrected chi connectivity index (χ0v) is 12.6. The van der Waals surface area contributed by atoms with Crippen molar-refractivity contribution in [2.24, 2.45) is 23.2 Å². The van der Waals surface area contributed by atoms with Crippen LogP contribution in [0.4, 0.5) is 0 Å². The van der Waals surface area contributed by atoms with Gasteiger partial charge in [0.15, 0.2) is 0 Å². The highest BCUT2D eigenvalue weighted by atomic mass is 16.3. The van der Waals surface area contributed by atoms with Gasteiger partial charge in [-0.25, -0.2) is 0 Å². The van der Waals surface area contributed by atoms with Crippen LogP contribution in [0, 0.1) is 23.2 Å². The summed E-state index contributed by atoms with van der Waals surface area (Å²) in [5.74, 6) is 2.99. The maximum absolute atomic E-state index is 10.4. The van der Waals surface area contributed by atoms with E-state index in [4.69, 9.17) is 0 Å². The van der Waals surface area contributed by atoms with Crippen LogP contribution in [0.5, 0.6) is 0 Å². The van der Waals surface area contributed by atoms with Crippen molar-refractivity contribution in [3.8, 4) is 0 Å². The van der Waals surface area contributed by atoms with Crippen LogP contribution >= 0.6 is 0 Å². The number of allylic oxidation sites excluding steroid dienone is 5. The van der Waals surface area contributed by atoms with Gasteiger partial charge in [-0.3, -0.25) is 0 Å². The number of rotatable bonds is 1. The quantitative estimate of drug-likeness (QED) is 0.684. The first-order valence-electron chi connectivity index (χ1n) is 8.58. The molecule has 4 aliphatic carbocycles. The number of hydrogen-bond donors (Lipinski definition) is 1. The van der Waals surface area contributed by atoms with E-state index in [-0.39, 0.29) is 5.41 Å². The molecule has 1 N–H and O–H groups in total. The molecule has 0 aromatic rings. The second-order valence-corrected chi connectivity index (χ2v) is 7.28. The van der Waals surface area contributed by atoms with Gasteiger partial charge >= 0.3 is 0 Å². The normalized spacial score (nSPS) is 42.9. The van der Waals surface area contributed by atoms with E-state index in [9.17, 15) is 5.11 Å². The molecule has 20 heavy (non-hydrogen) atoms. The molecule has 0 spiro atoms. The van der Waals surface area contributed by atoms with Gasteiger partial charge in [-0.15, -0.1) is 0 Å². The van der Waals surface area contributed by atoms with Crippen molar-refractivity contribution in [3.05, 3.63) is 35.1 Å². The van der Waals surface area contributed by atoms with E-state index < -0.39 is 0 Å². The van der Waals surface area contributed by atoms with E-state index >= 15 is 0 Å². The lowest BCUT2D eigenvalue weighted by Crippen LogP contribution is -2.35. The van der Waals surface area contributed by atoms with Gasteiger partial charge in [0, 0.05) is 5.92 Å². The second kappa shape index (κ2) is 4.51. The highest BCUT2D eigenvalue weighted by Gasteiger charge is 2.48. The largest absolute Gasteiger partial charge is 0.512 e. The molecule has 1 unspecified atom stereocenters. The average Bonchev–Trinajstić information content (AvgIpc) is 2.85. The Morgan fingerprint density at radius 3 is 2.95 bits per heavy atom. The number of fused-ring (bicyclic) bond motifs is 4. The molecule has 0 saturated heterocycles. The Bertz CT molecular complexity index is 510. The van der Waals surface area contributed by atoms with Gasteiger partial charge in [-0.1, -0.05) is 37.5 Å². The smallest absolute Gasteiger partial charge is 0.0988 e. The van der Waals surface area contributed by atoms with Crippen LogP contribution in [0.25, 0.3) is 0 Å². The van der Waals surface area contributed by atoms with E-state index in [2.05, 4.69) is 25.2 Å². The van der Waals surface area contributed by atoms with Crippen molar-refractivity contribution in [2.75, 3.05) is 0 Å². The molecule has 1 nitrogen and oxygen atoms in total. The zero-order chi connectivity index (χ0) is 13.7. The second-order valence-electron chi connectivity index (χ2n) is 7.28. The molecule has 1 saturated carbocycles. The van der Waals surface area contributed by atoms with Gasteiger partial charge < -0.3 is 5.11 Å². The number of hydrogen-bond acceptors (Lipinski definition) is 1. The lowest BCUT2D eigenvalue weighted by molar-refractivity contribution is 0.193. The maximum atomic E-state index is 10.4. The Labute approximate surface area is 122 Å². The van der Waals surface area contributed by atoms with Gasteiger partial charge in [-0.2, -0.15) is 0 Å². The molecular weight excluding hydrogens is 244 g/mol. The van der Waals surface area contributed by atoms with Crippen LogP contribution in [0.3, 0.4) is 0 Å². The van der Waals surface area contributed by atoms with Crippen LogP contribution in [0.2, 0.25) is 0 Å². The van der Waals surface area contributed by atoms with Crippen molar-refractivity contribution in [2.45, 2.75) is 58.3 Å². The first-order valence-corrected chi connectivity index (χ1v) is 8.58. The van der Waals surface area contributed by atoms with Crippen LogP contribution in [-0.4, -0.2) is 5.11 Å². The fraction of sp³-hybridized carbons (Fsp3) is 0.684. The van der Waals surface area contributed by atoms with Crippen LogP contribution in [-0.2, 0) is 0 Å². The molecule has 0 radical (unpaired) electrons. The summed E-state index contributed by atoms with van der Waals surface area (Å²) in [5.41, 5.74) is 3.33. The molecule has 1 fully saturated rings. The molecule has 0 aromatic carbocycles. The van der Waals surface area contributed by atoms with E-state index in [0.29, 0.717) is 11.7 Å². The minimum atomic E-state index is -0.0552. The summed E-state index contributed by atoms with van der Waals surface area (Å²) in [5, 5.41) is 10.4. The summed E-state index contributed by atoms with van der Waals surface area (Å²) >= 11 is 0. The first kappa shape index (κ1) is 12.7. The Morgan fingerprint density at radius 2 is 2.10 bits per heavy atom. The molecule has 4 rings (SSSR count). The van der Waals surface area contributed by atoms with Crippen LogP contribution in [0.15, 0.2) is 35.1 Å². The fourth-order valence-corrected chi connectivity index (χ4v) is 5.54. The van der Waals surface area contributed by atoms with Crippen LogP contribution in [0.1, 0.15) is 58.3 Å². The summed E-state index contributed by atoms with van der Waals surface area (Å²) in [6.07, 6.45) is 17.3. The lowest BCUT2D eigenvalue weighted by atomic mass is 9.59. The Balaban J connectivity index is 1.74. The molecule has 4 atom stereocenters. The molecule has 0 aromatic heterocycles. The highest BCUT2D eigenvalue weighted by Crippen LogP contribution is 2.58. The maximum Gasteiger partial charge on any atom is 0.0988 e. The Hall–Kier alpha value is -0.980. The van der Waals surface area contributed by atoms with Gasteiger partial charge in [0.2, 0.25) is 0 Å². The van der Waals surface area contributed by atoms with Gasteiger partial charge in [0.25, 0.3) is 0 Å². The lowest BCUT2D eigenvalue weighted by Gasteiger charge is -2.45. The highest BCUT2D eigenvalue weighted by molar-refractivity contribution is 5.45. The van der Waals surface area contributed by atoms with Crippen molar-refractivity contribution >= 4 is 0 Å². The average molecular weight is 270 g/mol. The van der Waals surface area contributed by atoms with E-state index in [0.717, 1.165) is 24.7 Å². The summed E-state index contributed by atoms with van der Waals surface area (Å²) < 4.78 is 0. The molecule has 108 valence electrons. The van der Waals surface area contributed by atoms with Gasteiger partial charge in [-0.05, 0) is 62.0 Å². The molecule has 1 heteroatoms. The van der Waals surface area contributed by atoms with Crippen molar-refractivity contribution in [1.29, 1.82) is 0 Å². The first-order chi connectivity index (χ1) is 9.76. The van der Waals surface area contributed by atoms with Gasteiger partial charge in [0.05, 0.1) is 11.2 Å². The summed E-state index contributed by atoms with van der Waals surface area (Å²) in [6, 6.07) is 0. The zero-order valence-electron chi connectivity index (χ0n) is 12.6. The minimum Gasteiger partial charge on any atom is -0.512 e. The monoisotopic (exact) mass is 270 g/mol. The topological polar surface area (TPSA) is 20.2 Å². The number of aliphatic hydroxyl groups excluding tert-OH is 1. The van der Waals surface area contributed by atoms with Crippen molar-refractivity contribution in [3.63, 3.8) is 0 Å².